The zero-order valence-corrected chi connectivity index (χ0v) is 19.6. The number of ketones is 3. The van der Waals surface area contributed by atoms with Crippen molar-refractivity contribution in [2.45, 2.75) is 69.6 Å². The van der Waals surface area contributed by atoms with Crippen molar-refractivity contribution in [2.75, 3.05) is 20.2 Å². The van der Waals surface area contributed by atoms with Gasteiger partial charge in [0.2, 0.25) is 0 Å². The molecule has 4 atom stereocenters. The summed E-state index contributed by atoms with van der Waals surface area (Å²) in [4.78, 5) is 58.3. The van der Waals surface area contributed by atoms with Gasteiger partial charge in [0.15, 0.2) is 35.0 Å². The molecule has 2 fully saturated rings. The molecule has 5 rings (SSSR count). The smallest absolute Gasteiger partial charge is 0.436 e. The number of Topliss-reactive ketones (excluding diaryl/α,β-unsaturated/α-hetero) is 3. The van der Waals surface area contributed by atoms with E-state index in [4.69, 9.17) is 14.3 Å². The van der Waals surface area contributed by atoms with Crippen LogP contribution in [0.15, 0.2) is 0 Å². The lowest BCUT2D eigenvalue weighted by atomic mass is 9.48. The van der Waals surface area contributed by atoms with E-state index in [1.54, 1.807) is 6.92 Å². The highest BCUT2D eigenvalue weighted by Crippen LogP contribution is 2.66. The lowest BCUT2D eigenvalue weighted by Crippen LogP contribution is -2.76. The minimum atomic E-state index is -1.27. The average molecular weight is 472 g/mol. The number of piperidine rings is 1. The second-order valence-electron chi connectivity index (χ2n) is 9.61. The molecule has 2 heterocycles. The highest BCUT2D eigenvalue weighted by molar-refractivity contribution is 6.12. The number of carbonyl (C=O) groups excluding carboxylic acids is 4. The monoisotopic (exact) mass is 472 g/mol. The van der Waals surface area contributed by atoms with Crippen molar-refractivity contribution in [1.82, 2.24) is 10.4 Å². The zero-order chi connectivity index (χ0) is 24.6. The summed E-state index contributed by atoms with van der Waals surface area (Å²) in [6.07, 6.45) is -0.835. The summed E-state index contributed by atoms with van der Waals surface area (Å²) in [5, 5.41) is 12.1. The third kappa shape index (κ3) is 2.73. The van der Waals surface area contributed by atoms with Crippen molar-refractivity contribution in [3.8, 4) is 11.5 Å². The third-order valence-electron chi connectivity index (χ3n) is 8.00. The number of hydrogen-bond donors (Lipinski definition) is 2. The number of aliphatic hydroxyl groups is 1. The summed E-state index contributed by atoms with van der Waals surface area (Å²) in [6.45, 7) is 5.10. The molecule has 0 unspecified atom stereocenters. The number of likely N-dealkylation sites (N-methyl/N-ethyl adjacent to an activating group) is 1. The Kier molecular flexibility index (Phi) is 5.12. The van der Waals surface area contributed by atoms with Gasteiger partial charge in [-0.3, -0.25) is 19.2 Å². The molecular formula is C24H28N2O8. The van der Waals surface area contributed by atoms with E-state index in [-0.39, 0.29) is 59.7 Å². The number of benzene rings is 1. The van der Waals surface area contributed by atoms with E-state index >= 15 is 0 Å². The van der Waals surface area contributed by atoms with Crippen LogP contribution < -0.4 is 15.0 Å². The molecule has 2 aliphatic heterocycles. The molecule has 2 bridgehead atoms. The number of nitrogens with zero attached hydrogens (tertiary/aromatic N) is 1. The van der Waals surface area contributed by atoms with E-state index in [1.807, 2.05) is 7.05 Å². The van der Waals surface area contributed by atoms with E-state index in [0.717, 1.165) is 0 Å². The Morgan fingerprint density at radius 3 is 2.56 bits per heavy atom. The van der Waals surface area contributed by atoms with Gasteiger partial charge in [0.05, 0.1) is 23.2 Å². The number of likely N-dealkylation sites (tertiary alicyclic amines) is 1. The van der Waals surface area contributed by atoms with Crippen molar-refractivity contribution in [3.63, 3.8) is 0 Å². The van der Waals surface area contributed by atoms with E-state index in [2.05, 4.69) is 10.4 Å². The lowest BCUT2D eigenvalue weighted by Gasteiger charge is -2.62. The standard InChI is InChI=1S/C24H28N2O8/c1-5-32-25-22(30)34-19-17(12(3)28)16(11(2)27)13-10-15-24(31)7-6-14(29)21-23(24,8-9-26(15)4)18(13)20(19)33-21/h15,21,31H,5-10H2,1-4H3,(H,25,30)/t15-,21+,23+,24-/m1/s1. The maximum Gasteiger partial charge on any atom is 0.436 e. The summed E-state index contributed by atoms with van der Waals surface area (Å²) in [5.41, 5.74) is 0.944. The van der Waals surface area contributed by atoms with Crippen LogP contribution in [0, 0.1) is 0 Å². The van der Waals surface area contributed by atoms with Crippen LogP contribution in [0.1, 0.15) is 71.9 Å². The lowest BCUT2D eigenvalue weighted by molar-refractivity contribution is -0.185. The Labute approximate surface area is 196 Å². The van der Waals surface area contributed by atoms with Crippen LogP contribution in [0.25, 0.3) is 0 Å². The first-order chi connectivity index (χ1) is 16.1. The number of hydroxylamine groups is 1. The Morgan fingerprint density at radius 1 is 1.21 bits per heavy atom. The Morgan fingerprint density at radius 2 is 1.91 bits per heavy atom. The maximum absolute atomic E-state index is 13.1. The van der Waals surface area contributed by atoms with Crippen LogP contribution in [-0.4, -0.2) is 71.4 Å². The fourth-order valence-electron chi connectivity index (χ4n) is 6.74. The van der Waals surface area contributed by atoms with E-state index in [1.165, 1.54) is 13.8 Å². The van der Waals surface area contributed by atoms with Crippen LogP contribution in [0.5, 0.6) is 11.5 Å². The van der Waals surface area contributed by atoms with Crippen molar-refractivity contribution in [2.24, 2.45) is 0 Å². The maximum atomic E-state index is 13.1. The van der Waals surface area contributed by atoms with Gasteiger partial charge in [0, 0.05) is 23.6 Å². The van der Waals surface area contributed by atoms with Crippen molar-refractivity contribution in [1.29, 1.82) is 0 Å². The molecule has 10 nitrogen and oxygen atoms in total. The molecule has 10 heteroatoms. The summed E-state index contributed by atoms with van der Waals surface area (Å²) in [5.74, 6) is -1.14. The van der Waals surface area contributed by atoms with Gasteiger partial charge in [-0.2, -0.15) is 5.48 Å². The van der Waals surface area contributed by atoms with Gasteiger partial charge >= 0.3 is 6.09 Å². The predicted octanol–water partition coefficient (Wildman–Crippen LogP) is 1.48. The van der Waals surface area contributed by atoms with E-state index in [9.17, 15) is 24.3 Å². The first kappa shape index (κ1) is 22.9. The van der Waals surface area contributed by atoms with Crippen molar-refractivity contribution in [3.05, 3.63) is 22.3 Å². The van der Waals surface area contributed by atoms with Gasteiger partial charge < -0.3 is 19.5 Å². The fourth-order valence-corrected chi connectivity index (χ4v) is 6.74. The molecule has 2 N–H and O–H groups in total. The van der Waals surface area contributed by atoms with Crippen LogP contribution in [0.3, 0.4) is 0 Å². The minimum absolute atomic E-state index is 0.0680. The average Bonchev–Trinajstić information content (AvgIpc) is 3.13. The number of carbonyl (C=O) groups is 4. The molecule has 1 saturated carbocycles. The Bertz CT molecular complexity index is 1150. The van der Waals surface area contributed by atoms with Gasteiger partial charge in [-0.05, 0) is 59.2 Å². The van der Waals surface area contributed by atoms with Gasteiger partial charge in [-0.1, -0.05) is 0 Å². The van der Waals surface area contributed by atoms with Crippen LogP contribution in [0.4, 0.5) is 4.79 Å². The summed E-state index contributed by atoms with van der Waals surface area (Å²) in [6, 6.07) is -0.357. The van der Waals surface area contributed by atoms with Gasteiger partial charge in [0.25, 0.3) is 0 Å². The SMILES string of the molecule is CCONC(=O)Oc1c2c3c(c(C(C)=O)c1C(C)=O)C[C@H]1N(C)CC[C@@]34[C@@H](O2)C(=O)CC[C@@]14O. The molecule has 0 radical (unpaired) electrons. The molecule has 0 aromatic heterocycles. The van der Waals surface area contributed by atoms with E-state index < -0.39 is 29.0 Å². The second-order valence-corrected chi connectivity index (χ2v) is 9.61. The molecule has 2 aliphatic carbocycles. The third-order valence-corrected chi connectivity index (χ3v) is 8.00. The molecule has 1 aromatic rings. The molecule has 4 aliphatic rings. The van der Waals surface area contributed by atoms with Gasteiger partial charge in [0.1, 0.15) is 0 Å². The summed E-state index contributed by atoms with van der Waals surface area (Å²) in [7, 11) is 1.91. The van der Waals surface area contributed by atoms with E-state index in [0.29, 0.717) is 30.5 Å². The van der Waals surface area contributed by atoms with Gasteiger partial charge in [-0.15, -0.1) is 0 Å². The quantitative estimate of drug-likeness (QED) is 0.483. The largest absolute Gasteiger partial charge is 0.477 e. The number of nitrogens with one attached hydrogen (secondary N) is 1. The first-order valence-electron chi connectivity index (χ1n) is 11.5. The number of amides is 1. The van der Waals surface area contributed by atoms with Crippen LogP contribution in [0.2, 0.25) is 0 Å². The number of rotatable bonds is 5. The molecular weight excluding hydrogens is 444 g/mol. The molecule has 1 aromatic carbocycles. The van der Waals surface area contributed by atoms with Crippen molar-refractivity contribution >= 4 is 23.4 Å². The number of hydrogen-bond acceptors (Lipinski definition) is 9. The molecule has 34 heavy (non-hydrogen) atoms. The Balaban J connectivity index is 1.84. The molecule has 1 spiro atoms. The van der Waals surface area contributed by atoms with Crippen LogP contribution in [-0.2, 0) is 21.5 Å². The predicted molar refractivity (Wildman–Crippen MR) is 117 cm³/mol. The normalized spacial score (nSPS) is 30.9. The fraction of sp³-hybridized carbons (Fsp3) is 0.583. The topological polar surface area (TPSA) is 131 Å². The number of ether oxygens (including phenoxy) is 2. The summed E-state index contributed by atoms with van der Waals surface area (Å²) >= 11 is 0. The van der Waals surface area contributed by atoms with Gasteiger partial charge in [-0.25, -0.2) is 4.79 Å². The molecule has 1 amide bonds. The highest BCUT2D eigenvalue weighted by atomic mass is 16.7. The minimum Gasteiger partial charge on any atom is -0.477 e. The van der Waals surface area contributed by atoms with Crippen molar-refractivity contribution < 1.29 is 38.6 Å². The summed E-state index contributed by atoms with van der Waals surface area (Å²) < 4.78 is 11.7. The first-order valence-corrected chi connectivity index (χ1v) is 11.5. The molecule has 1 saturated heterocycles. The second kappa shape index (κ2) is 7.59. The zero-order valence-electron chi connectivity index (χ0n) is 19.6. The van der Waals surface area contributed by atoms with Crippen LogP contribution >= 0.6 is 0 Å². The Hall–Kier alpha value is -2.82. The molecule has 182 valence electrons. The highest BCUT2D eigenvalue weighted by Gasteiger charge is 2.73.